The van der Waals surface area contributed by atoms with Gasteiger partial charge < -0.3 is 0 Å². The minimum absolute atomic E-state index is 0.125. The monoisotopic (exact) mass is 366 g/mol. The highest BCUT2D eigenvalue weighted by atomic mass is 79.9. The molecule has 0 unspecified atom stereocenters. The molecule has 0 radical (unpaired) electrons. The average Bonchev–Trinajstić information content (AvgIpc) is 2.71. The van der Waals surface area contributed by atoms with Crippen LogP contribution in [0.2, 0.25) is 5.15 Å². The number of thiophene rings is 1. The zero-order chi connectivity index (χ0) is 13.3. The molecule has 2 aromatic rings. The second-order valence-corrected chi connectivity index (χ2v) is 8.25. The predicted octanol–water partition coefficient (Wildman–Crippen LogP) is 3.67. The van der Waals surface area contributed by atoms with Crippen LogP contribution in [0.5, 0.6) is 0 Å². The molecule has 0 aliphatic carbocycles. The second kappa shape index (κ2) is 5.16. The molecule has 0 bridgehead atoms. The van der Waals surface area contributed by atoms with Gasteiger partial charge in [-0.05, 0) is 46.6 Å². The summed E-state index contributed by atoms with van der Waals surface area (Å²) in [6.45, 7) is 1.81. The zero-order valence-electron chi connectivity index (χ0n) is 9.15. The van der Waals surface area contributed by atoms with E-state index in [0.717, 1.165) is 20.7 Å². The molecule has 0 aliphatic rings. The number of aromatic nitrogens is 1. The van der Waals surface area contributed by atoms with Gasteiger partial charge in [0, 0.05) is 6.20 Å². The molecule has 0 fully saturated rings. The largest absolute Gasteiger partial charge is 0.276 e. The van der Waals surface area contributed by atoms with Crippen LogP contribution in [-0.2, 0) is 10.0 Å². The third-order valence-corrected chi connectivity index (χ3v) is 5.82. The Bertz CT molecular complexity index is 685. The molecule has 0 saturated carbocycles. The van der Waals surface area contributed by atoms with Gasteiger partial charge in [-0.2, -0.15) is 0 Å². The Morgan fingerprint density at radius 3 is 2.78 bits per heavy atom. The van der Waals surface area contributed by atoms with Gasteiger partial charge in [0.05, 0.1) is 9.47 Å². The van der Waals surface area contributed by atoms with E-state index >= 15 is 0 Å². The fourth-order valence-corrected chi connectivity index (χ4v) is 4.54. The molecule has 0 saturated heterocycles. The van der Waals surface area contributed by atoms with Crippen LogP contribution in [0.3, 0.4) is 0 Å². The predicted molar refractivity (Wildman–Crippen MR) is 76.8 cm³/mol. The SMILES string of the molecule is Cc1cnc(Cl)c(NS(=O)(=O)c2ccc(Br)s2)c1. The van der Waals surface area contributed by atoms with E-state index in [0.29, 0.717) is 0 Å². The Morgan fingerprint density at radius 2 is 2.17 bits per heavy atom. The van der Waals surface area contributed by atoms with E-state index in [2.05, 4.69) is 25.6 Å². The third kappa shape index (κ3) is 3.03. The van der Waals surface area contributed by atoms with Crippen LogP contribution in [0.4, 0.5) is 5.69 Å². The van der Waals surface area contributed by atoms with Crippen molar-refractivity contribution in [2.75, 3.05) is 4.72 Å². The van der Waals surface area contributed by atoms with Gasteiger partial charge in [0.1, 0.15) is 4.21 Å². The highest BCUT2D eigenvalue weighted by Gasteiger charge is 2.18. The maximum Gasteiger partial charge on any atom is 0.271 e. The summed E-state index contributed by atoms with van der Waals surface area (Å²) in [5, 5.41) is 0.125. The summed E-state index contributed by atoms with van der Waals surface area (Å²) in [6, 6.07) is 4.83. The standard InChI is InChI=1S/C10H8BrClN2O2S2/c1-6-4-7(10(12)13-5-6)14-18(15,16)9-3-2-8(11)17-9/h2-5,14H,1H3. The normalized spacial score (nSPS) is 11.5. The van der Waals surface area contributed by atoms with Gasteiger partial charge in [0.2, 0.25) is 0 Å². The summed E-state index contributed by atoms with van der Waals surface area (Å²) in [4.78, 5) is 3.89. The smallest absolute Gasteiger partial charge is 0.271 e. The lowest BCUT2D eigenvalue weighted by Crippen LogP contribution is -2.12. The highest BCUT2D eigenvalue weighted by Crippen LogP contribution is 2.29. The van der Waals surface area contributed by atoms with E-state index in [1.807, 2.05) is 6.92 Å². The molecule has 4 nitrogen and oxygen atoms in total. The molecule has 2 aromatic heterocycles. The fourth-order valence-electron chi connectivity index (χ4n) is 1.26. The first kappa shape index (κ1) is 13.8. The third-order valence-electron chi connectivity index (χ3n) is 2.03. The number of hydrogen-bond acceptors (Lipinski definition) is 4. The Balaban J connectivity index is 2.36. The van der Waals surface area contributed by atoms with E-state index < -0.39 is 10.0 Å². The van der Waals surface area contributed by atoms with Crippen molar-refractivity contribution < 1.29 is 8.42 Å². The zero-order valence-corrected chi connectivity index (χ0v) is 13.1. The van der Waals surface area contributed by atoms with Gasteiger partial charge in [0.25, 0.3) is 10.0 Å². The lowest BCUT2D eigenvalue weighted by molar-refractivity contribution is 0.603. The summed E-state index contributed by atoms with van der Waals surface area (Å²) in [6.07, 6.45) is 1.57. The first-order valence-corrected chi connectivity index (χ1v) is 8.26. The number of pyridine rings is 1. The van der Waals surface area contributed by atoms with Crippen LogP contribution in [-0.4, -0.2) is 13.4 Å². The van der Waals surface area contributed by atoms with Crippen molar-refractivity contribution in [2.45, 2.75) is 11.1 Å². The molecule has 0 atom stereocenters. The minimum Gasteiger partial charge on any atom is -0.276 e. The lowest BCUT2D eigenvalue weighted by Gasteiger charge is -2.08. The van der Waals surface area contributed by atoms with Crippen LogP contribution in [0.15, 0.2) is 32.4 Å². The van der Waals surface area contributed by atoms with Gasteiger partial charge in [-0.1, -0.05) is 11.6 Å². The van der Waals surface area contributed by atoms with Crippen LogP contribution >= 0.6 is 38.9 Å². The summed E-state index contributed by atoms with van der Waals surface area (Å²) < 4.78 is 27.5. The van der Waals surface area contributed by atoms with Crippen molar-refractivity contribution in [3.63, 3.8) is 0 Å². The van der Waals surface area contributed by atoms with Crippen LogP contribution in [0.25, 0.3) is 0 Å². The van der Waals surface area contributed by atoms with Gasteiger partial charge in [-0.15, -0.1) is 11.3 Å². The molecule has 0 aliphatic heterocycles. The first-order chi connectivity index (χ1) is 8.38. The molecule has 96 valence electrons. The molecular weight excluding hydrogens is 360 g/mol. The van der Waals surface area contributed by atoms with Gasteiger partial charge >= 0.3 is 0 Å². The Labute approximate surface area is 122 Å². The van der Waals surface area contributed by atoms with E-state index in [4.69, 9.17) is 11.6 Å². The van der Waals surface area contributed by atoms with Crippen LogP contribution in [0, 0.1) is 6.92 Å². The number of nitrogens with zero attached hydrogens (tertiary/aromatic N) is 1. The fraction of sp³-hybridized carbons (Fsp3) is 0.100. The molecule has 8 heteroatoms. The van der Waals surface area contributed by atoms with Crippen LogP contribution in [0.1, 0.15) is 5.56 Å². The molecule has 0 aromatic carbocycles. The number of rotatable bonds is 3. The maximum absolute atomic E-state index is 12.1. The van der Waals surface area contributed by atoms with E-state index in [9.17, 15) is 8.42 Å². The highest BCUT2D eigenvalue weighted by molar-refractivity contribution is 9.11. The molecule has 1 N–H and O–H groups in total. The van der Waals surface area contributed by atoms with Crippen molar-refractivity contribution in [3.05, 3.63) is 38.9 Å². The summed E-state index contributed by atoms with van der Waals surface area (Å²) in [5.41, 5.74) is 1.10. The Morgan fingerprint density at radius 1 is 1.44 bits per heavy atom. The molecule has 0 amide bonds. The second-order valence-electron chi connectivity index (χ2n) is 3.52. The average molecular weight is 368 g/mol. The molecule has 0 spiro atoms. The summed E-state index contributed by atoms with van der Waals surface area (Å²) in [5.74, 6) is 0. The van der Waals surface area contributed by atoms with Crippen molar-refractivity contribution in [2.24, 2.45) is 0 Å². The quantitative estimate of drug-likeness (QED) is 0.842. The number of sulfonamides is 1. The first-order valence-electron chi connectivity index (χ1n) is 4.79. The van der Waals surface area contributed by atoms with Crippen molar-refractivity contribution >= 4 is 54.6 Å². The Kier molecular flexibility index (Phi) is 3.96. The molecule has 2 rings (SSSR count). The van der Waals surface area contributed by atoms with Gasteiger partial charge in [-0.3, -0.25) is 4.72 Å². The number of hydrogen-bond donors (Lipinski definition) is 1. The maximum atomic E-state index is 12.1. The number of anilines is 1. The van der Waals surface area contributed by atoms with Gasteiger partial charge in [0.15, 0.2) is 5.15 Å². The topological polar surface area (TPSA) is 59.1 Å². The summed E-state index contributed by atoms with van der Waals surface area (Å²) >= 11 is 10.2. The van der Waals surface area contributed by atoms with E-state index in [1.54, 1.807) is 18.3 Å². The van der Waals surface area contributed by atoms with Crippen molar-refractivity contribution in [3.8, 4) is 0 Å². The molecular formula is C10H8BrClN2O2S2. The summed E-state index contributed by atoms with van der Waals surface area (Å²) in [7, 11) is -3.62. The molecule has 2 heterocycles. The number of aryl methyl sites for hydroxylation is 1. The Hall–Kier alpha value is -0.630. The van der Waals surface area contributed by atoms with Gasteiger partial charge in [-0.25, -0.2) is 13.4 Å². The van der Waals surface area contributed by atoms with Crippen LogP contribution < -0.4 is 4.72 Å². The van der Waals surface area contributed by atoms with Crippen molar-refractivity contribution in [1.82, 2.24) is 4.98 Å². The number of halogens is 2. The van der Waals surface area contributed by atoms with E-state index in [-0.39, 0.29) is 15.0 Å². The number of nitrogens with one attached hydrogen (secondary N) is 1. The lowest BCUT2D eigenvalue weighted by atomic mass is 10.3. The molecule has 18 heavy (non-hydrogen) atoms. The minimum atomic E-state index is -3.62. The van der Waals surface area contributed by atoms with Crippen molar-refractivity contribution in [1.29, 1.82) is 0 Å². The van der Waals surface area contributed by atoms with E-state index in [1.165, 1.54) is 6.07 Å².